The molecule has 3 heteroatoms. The summed E-state index contributed by atoms with van der Waals surface area (Å²) in [7, 11) is 0. The first-order valence-corrected chi connectivity index (χ1v) is 6.29. The van der Waals surface area contributed by atoms with Crippen LogP contribution in [0.25, 0.3) is 0 Å². The maximum atomic E-state index is 5.65. The Kier molecular flexibility index (Phi) is 6.22. The van der Waals surface area contributed by atoms with Gasteiger partial charge in [-0.25, -0.2) is 0 Å². The molecule has 90 valence electrons. The lowest BCUT2D eigenvalue weighted by Gasteiger charge is -2.17. The molecule has 0 aromatic carbocycles. The van der Waals surface area contributed by atoms with Crippen LogP contribution in [-0.2, 0) is 4.74 Å². The Morgan fingerprint density at radius 3 is 2.80 bits per heavy atom. The molecule has 2 N–H and O–H groups in total. The molecule has 0 amide bonds. The summed E-state index contributed by atoms with van der Waals surface area (Å²) in [6.07, 6.45) is 2.87. The first-order chi connectivity index (χ1) is 7.24. The van der Waals surface area contributed by atoms with Crippen LogP contribution in [0.5, 0.6) is 0 Å². The zero-order valence-corrected chi connectivity index (χ0v) is 10.4. The topological polar surface area (TPSA) is 33.3 Å². The summed E-state index contributed by atoms with van der Waals surface area (Å²) in [6, 6.07) is 0.588. The molecular formula is C12H26N2O. The molecule has 0 spiro atoms. The van der Waals surface area contributed by atoms with Crippen LogP contribution < -0.4 is 10.6 Å². The van der Waals surface area contributed by atoms with Gasteiger partial charge in [0, 0.05) is 32.3 Å². The summed E-state index contributed by atoms with van der Waals surface area (Å²) in [5, 5.41) is 6.91. The number of ether oxygens (including phenoxy) is 1. The van der Waals surface area contributed by atoms with E-state index in [1.165, 1.54) is 6.42 Å². The number of hydrogen-bond donors (Lipinski definition) is 2. The summed E-state index contributed by atoms with van der Waals surface area (Å²) < 4.78 is 5.65. The van der Waals surface area contributed by atoms with Gasteiger partial charge in [-0.15, -0.1) is 0 Å². The second-order valence-electron chi connectivity index (χ2n) is 4.68. The molecule has 1 saturated heterocycles. The predicted octanol–water partition coefficient (Wildman–Crippen LogP) is 1.39. The van der Waals surface area contributed by atoms with E-state index in [4.69, 9.17) is 4.74 Å². The minimum atomic E-state index is 0.496. The number of rotatable bonds is 7. The molecular weight excluding hydrogens is 188 g/mol. The van der Waals surface area contributed by atoms with Gasteiger partial charge in [-0.05, 0) is 18.8 Å². The van der Waals surface area contributed by atoms with Gasteiger partial charge in [0.15, 0.2) is 0 Å². The fraction of sp³-hybridized carbons (Fsp3) is 1.00. The van der Waals surface area contributed by atoms with Crippen LogP contribution in [0.4, 0.5) is 0 Å². The van der Waals surface area contributed by atoms with Crippen LogP contribution in [0.15, 0.2) is 0 Å². The van der Waals surface area contributed by atoms with Crippen molar-refractivity contribution in [1.82, 2.24) is 10.6 Å². The monoisotopic (exact) mass is 214 g/mol. The second kappa shape index (κ2) is 7.20. The van der Waals surface area contributed by atoms with Gasteiger partial charge in [0.25, 0.3) is 0 Å². The van der Waals surface area contributed by atoms with Gasteiger partial charge in [-0.3, -0.25) is 0 Å². The van der Waals surface area contributed by atoms with E-state index in [2.05, 4.69) is 31.4 Å². The minimum absolute atomic E-state index is 0.496. The maximum Gasteiger partial charge on any atom is 0.0613 e. The standard InChI is InChI=1S/C12H26N2O/c1-4-12-11(5-8-15-12)9-13-6-7-14-10(2)3/h10-14H,4-9H2,1-3H3. The molecule has 0 aromatic heterocycles. The van der Waals surface area contributed by atoms with Gasteiger partial charge < -0.3 is 15.4 Å². The second-order valence-corrected chi connectivity index (χ2v) is 4.68. The zero-order valence-electron chi connectivity index (χ0n) is 10.4. The van der Waals surface area contributed by atoms with E-state index in [0.29, 0.717) is 12.1 Å². The lowest BCUT2D eigenvalue weighted by atomic mass is 10.00. The molecule has 0 aromatic rings. The first kappa shape index (κ1) is 12.9. The fourth-order valence-electron chi connectivity index (χ4n) is 2.11. The van der Waals surface area contributed by atoms with Crippen molar-refractivity contribution >= 4 is 0 Å². The van der Waals surface area contributed by atoms with Crippen molar-refractivity contribution in [3.8, 4) is 0 Å². The van der Waals surface area contributed by atoms with E-state index < -0.39 is 0 Å². The lowest BCUT2D eigenvalue weighted by Crippen LogP contribution is -2.35. The van der Waals surface area contributed by atoms with E-state index in [9.17, 15) is 0 Å². The highest BCUT2D eigenvalue weighted by Gasteiger charge is 2.25. The quantitative estimate of drug-likeness (QED) is 0.628. The molecule has 2 unspecified atom stereocenters. The molecule has 15 heavy (non-hydrogen) atoms. The van der Waals surface area contributed by atoms with Crippen LogP contribution in [0, 0.1) is 5.92 Å². The van der Waals surface area contributed by atoms with Gasteiger partial charge in [-0.2, -0.15) is 0 Å². The van der Waals surface area contributed by atoms with Crippen molar-refractivity contribution in [3.63, 3.8) is 0 Å². The van der Waals surface area contributed by atoms with E-state index >= 15 is 0 Å². The Hall–Kier alpha value is -0.120. The van der Waals surface area contributed by atoms with Crippen LogP contribution in [-0.4, -0.2) is 38.4 Å². The first-order valence-electron chi connectivity index (χ1n) is 6.29. The Bertz CT molecular complexity index is 162. The van der Waals surface area contributed by atoms with E-state index in [0.717, 1.165) is 38.6 Å². The summed E-state index contributed by atoms with van der Waals surface area (Å²) >= 11 is 0. The van der Waals surface area contributed by atoms with Crippen LogP contribution in [0.3, 0.4) is 0 Å². The smallest absolute Gasteiger partial charge is 0.0613 e. The minimum Gasteiger partial charge on any atom is -0.378 e. The van der Waals surface area contributed by atoms with Crippen molar-refractivity contribution in [2.75, 3.05) is 26.2 Å². The molecule has 0 radical (unpaired) electrons. The van der Waals surface area contributed by atoms with Crippen molar-refractivity contribution in [3.05, 3.63) is 0 Å². The zero-order chi connectivity index (χ0) is 11.1. The normalized spacial score (nSPS) is 26.4. The third-order valence-electron chi connectivity index (χ3n) is 3.01. The highest BCUT2D eigenvalue weighted by Crippen LogP contribution is 2.22. The molecule has 0 bridgehead atoms. The summed E-state index contributed by atoms with van der Waals surface area (Å²) in [4.78, 5) is 0. The van der Waals surface area contributed by atoms with Crippen LogP contribution in [0.1, 0.15) is 33.6 Å². The Balaban J connectivity index is 1.99. The lowest BCUT2D eigenvalue weighted by molar-refractivity contribution is 0.0873. The third kappa shape index (κ3) is 4.96. The summed E-state index contributed by atoms with van der Waals surface area (Å²) in [5.74, 6) is 0.731. The van der Waals surface area contributed by atoms with Gasteiger partial charge in [0.1, 0.15) is 0 Å². The van der Waals surface area contributed by atoms with Gasteiger partial charge in [0.05, 0.1) is 6.10 Å². The SMILES string of the molecule is CCC1OCCC1CNCCNC(C)C. The van der Waals surface area contributed by atoms with E-state index in [1.807, 2.05) is 0 Å². The summed E-state index contributed by atoms with van der Waals surface area (Å²) in [5.41, 5.74) is 0. The van der Waals surface area contributed by atoms with E-state index in [-0.39, 0.29) is 0 Å². The van der Waals surface area contributed by atoms with Crippen molar-refractivity contribution in [1.29, 1.82) is 0 Å². The molecule has 0 saturated carbocycles. The van der Waals surface area contributed by atoms with Crippen molar-refractivity contribution < 1.29 is 4.74 Å². The van der Waals surface area contributed by atoms with Gasteiger partial charge in [-0.1, -0.05) is 20.8 Å². The Labute approximate surface area is 94.0 Å². The molecule has 1 aliphatic rings. The largest absolute Gasteiger partial charge is 0.378 e. The molecule has 1 rings (SSSR count). The average molecular weight is 214 g/mol. The van der Waals surface area contributed by atoms with Crippen molar-refractivity contribution in [2.45, 2.75) is 45.8 Å². The highest BCUT2D eigenvalue weighted by atomic mass is 16.5. The predicted molar refractivity (Wildman–Crippen MR) is 64.1 cm³/mol. The van der Waals surface area contributed by atoms with Crippen molar-refractivity contribution in [2.24, 2.45) is 5.92 Å². The summed E-state index contributed by atoms with van der Waals surface area (Å²) in [6.45, 7) is 10.7. The number of hydrogen-bond acceptors (Lipinski definition) is 3. The highest BCUT2D eigenvalue weighted by molar-refractivity contribution is 4.77. The van der Waals surface area contributed by atoms with E-state index in [1.54, 1.807) is 0 Å². The molecule has 1 aliphatic heterocycles. The average Bonchev–Trinajstić information content (AvgIpc) is 2.64. The fourth-order valence-corrected chi connectivity index (χ4v) is 2.11. The molecule has 2 atom stereocenters. The molecule has 3 nitrogen and oxygen atoms in total. The maximum absolute atomic E-state index is 5.65. The molecule has 0 aliphatic carbocycles. The van der Waals surface area contributed by atoms with Crippen LogP contribution >= 0.6 is 0 Å². The van der Waals surface area contributed by atoms with Gasteiger partial charge >= 0.3 is 0 Å². The molecule has 1 heterocycles. The Morgan fingerprint density at radius 2 is 2.13 bits per heavy atom. The number of nitrogens with one attached hydrogen (secondary N) is 2. The Morgan fingerprint density at radius 1 is 1.33 bits per heavy atom. The van der Waals surface area contributed by atoms with Crippen LogP contribution in [0.2, 0.25) is 0 Å². The van der Waals surface area contributed by atoms with Gasteiger partial charge in [0.2, 0.25) is 0 Å². The third-order valence-corrected chi connectivity index (χ3v) is 3.01. The molecule has 1 fully saturated rings.